The van der Waals surface area contributed by atoms with Crippen molar-refractivity contribution in [2.45, 2.75) is 19.3 Å². The highest BCUT2D eigenvalue weighted by molar-refractivity contribution is 5.90. The van der Waals surface area contributed by atoms with Gasteiger partial charge >= 0.3 is 0 Å². The molecule has 0 aliphatic heterocycles. The fourth-order valence-corrected chi connectivity index (χ4v) is 2.21. The lowest BCUT2D eigenvalue weighted by Gasteiger charge is -2.04. The van der Waals surface area contributed by atoms with Gasteiger partial charge in [-0.15, -0.1) is 10.2 Å². The van der Waals surface area contributed by atoms with Crippen LogP contribution >= 0.6 is 0 Å². The maximum Gasteiger partial charge on any atom is 0.224 e. The van der Waals surface area contributed by atoms with Crippen LogP contribution in [0.2, 0.25) is 0 Å². The molecular weight excluding hydrogens is 264 g/mol. The summed E-state index contributed by atoms with van der Waals surface area (Å²) >= 11 is 0. The maximum atomic E-state index is 11.9. The first-order valence-electron chi connectivity index (χ1n) is 6.96. The van der Waals surface area contributed by atoms with Gasteiger partial charge in [-0.1, -0.05) is 24.3 Å². The molecule has 0 radical (unpaired) electrons. The number of hydrogen-bond acceptors (Lipinski definition) is 3. The van der Waals surface area contributed by atoms with Crippen molar-refractivity contribution >= 4 is 17.2 Å². The molecule has 21 heavy (non-hydrogen) atoms. The topological polar surface area (TPSA) is 59.3 Å². The zero-order valence-corrected chi connectivity index (χ0v) is 11.6. The number of rotatable bonds is 5. The molecule has 2 heterocycles. The van der Waals surface area contributed by atoms with E-state index in [0.29, 0.717) is 6.42 Å². The number of nitrogens with zero attached hydrogens (tertiary/aromatic N) is 3. The van der Waals surface area contributed by atoms with E-state index in [0.717, 1.165) is 30.0 Å². The minimum atomic E-state index is 0.0232. The Bertz CT molecular complexity index is 736. The molecule has 106 valence electrons. The molecule has 0 bridgehead atoms. The van der Waals surface area contributed by atoms with Gasteiger partial charge in [0.1, 0.15) is 5.82 Å². The second-order valence-electron chi connectivity index (χ2n) is 4.81. The van der Waals surface area contributed by atoms with Crippen molar-refractivity contribution < 1.29 is 4.79 Å². The molecule has 3 aromatic rings. The summed E-state index contributed by atoms with van der Waals surface area (Å²) in [6.07, 6.45) is 3.88. The molecule has 0 spiro atoms. The second kappa shape index (κ2) is 6.17. The summed E-state index contributed by atoms with van der Waals surface area (Å²) in [6.45, 7) is 0. The summed E-state index contributed by atoms with van der Waals surface area (Å²) in [5.41, 5.74) is 1.66. The molecule has 0 aliphatic rings. The van der Waals surface area contributed by atoms with E-state index in [1.165, 1.54) is 0 Å². The number of carbonyl (C=O) groups is 1. The minimum Gasteiger partial charge on any atom is -0.326 e. The molecule has 0 aliphatic carbocycles. The average Bonchev–Trinajstić information content (AvgIpc) is 2.92. The molecule has 2 aromatic heterocycles. The molecule has 5 heteroatoms. The number of para-hydroxylation sites is 1. The normalized spacial score (nSPS) is 10.7. The average molecular weight is 280 g/mol. The molecule has 0 saturated carbocycles. The maximum absolute atomic E-state index is 11.9. The predicted molar refractivity (Wildman–Crippen MR) is 81.0 cm³/mol. The van der Waals surface area contributed by atoms with Crippen LogP contribution in [0.15, 0.2) is 54.7 Å². The smallest absolute Gasteiger partial charge is 0.224 e. The van der Waals surface area contributed by atoms with Crippen LogP contribution in [0, 0.1) is 0 Å². The second-order valence-corrected chi connectivity index (χ2v) is 4.81. The Morgan fingerprint density at radius 1 is 1.05 bits per heavy atom. The molecule has 0 atom stereocenters. The third kappa shape index (κ3) is 3.25. The van der Waals surface area contributed by atoms with Gasteiger partial charge in [-0.25, -0.2) is 0 Å². The number of hydrogen-bond donors (Lipinski definition) is 1. The first-order valence-corrected chi connectivity index (χ1v) is 6.96. The summed E-state index contributed by atoms with van der Waals surface area (Å²) in [4.78, 5) is 11.9. The molecule has 3 rings (SSSR count). The van der Waals surface area contributed by atoms with Crippen molar-refractivity contribution in [2.24, 2.45) is 0 Å². The Hall–Kier alpha value is -2.69. The molecular formula is C16H16N4O. The predicted octanol–water partition coefficient (Wildman–Crippen LogP) is 2.69. The molecule has 0 fully saturated rings. The Balaban J connectivity index is 1.53. The molecule has 5 nitrogen and oxygen atoms in total. The Labute approximate surface area is 122 Å². The van der Waals surface area contributed by atoms with Crippen molar-refractivity contribution in [1.29, 1.82) is 0 Å². The van der Waals surface area contributed by atoms with Gasteiger partial charge in [-0.2, -0.15) is 0 Å². The van der Waals surface area contributed by atoms with E-state index in [4.69, 9.17) is 0 Å². The lowest BCUT2D eigenvalue weighted by Crippen LogP contribution is -2.11. The van der Waals surface area contributed by atoms with E-state index in [1.807, 2.05) is 59.1 Å². The van der Waals surface area contributed by atoms with Crippen LogP contribution in [0.5, 0.6) is 0 Å². The first kappa shape index (κ1) is 13.3. The number of fused-ring (bicyclic) bond motifs is 1. The van der Waals surface area contributed by atoms with Gasteiger partial charge in [-0.3, -0.25) is 9.20 Å². The number of benzene rings is 1. The van der Waals surface area contributed by atoms with Crippen LogP contribution in [0.3, 0.4) is 0 Å². The summed E-state index contributed by atoms with van der Waals surface area (Å²) in [5.74, 6) is 0.910. The van der Waals surface area contributed by atoms with Crippen LogP contribution in [-0.4, -0.2) is 20.5 Å². The Kier molecular flexibility index (Phi) is 3.91. The van der Waals surface area contributed by atoms with E-state index in [-0.39, 0.29) is 5.91 Å². The summed E-state index contributed by atoms with van der Waals surface area (Å²) in [7, 11) is 0. The van der Waals surface area contributed by atoms with E-state index in [2.05, 4.69) is 15.5 Å². The van der Waals surface area contributed by atoms with Crippen molar-refractivity contribution in [1.82, 2.24) is 14.6 Å². The van der Waals surface area contributed by atoms with Gasteiger partial charge < -0.3 is 5.32 Å². The molecule has 1 amide bonds. The third-order valence-corrected chi connectivity index (χ3v) is 3.25. The van der Waals surface area contributed by atoms with E-state index < -0.39 is 0 Å². The van der Waals surface area contributed by atoms with Gasteiger partial charge in [0, 0.05) is 24.7 Å². The molecule has 0 saturated heterocycles. The number of aromatic nitrogens is 3. The lowest BCUT2D eigenvalue weighted by atomic mass is 10.2. The monoisotopic (exact) mass is 280 g/mol. The molecule has 1 N–H and O–H groups in total. The van der Waals surface area contributed by atoms with Gasteiger partial charge in [0.2, 0.25) is 5.91 Å². The Morgan fingerprint density at radius 2 is 1.86 bits per heavy atom. The van der Waals surface area contributed by atoms with Gasteiger partial charge in [0.15, 0.2) is 5.65 Å². The number of aryl methyl sites for hydroxylation is 1. The van der Waals surface area contributed by atoms with Gasteiger partial charge in [-0.05, 0) is 30.7 Å². The standard InChI is InChI=1S/C16H16N4O/c21-16(17-13-7-2-1-3-8-13)11-6-10-15-19-18-14-9-4-5-12-20(14)15/h1-5,7-9,12H,6,10-11H2,(H,17,21). The summed E-state index contributed by atoms with van der Waals surface area (Å²) < 4.78 is 1.95. The summed E-state index contributed by atoms with van der Waals surface area (Å²) in [6, 6.07) is 15.3. The van der Waals surface area contributed by atoms with Crippen molar-refractivity contribution in [2.75, 3.05) is 5.32 Å². The number of carbonyl (C=O) groups excluding carboxylic acids is 1. The van der Waals surface area contributed by atoms with Crippen LogP contribution in [0.4, 0.5) is 5.69 Å². The van der Waals surface area contributed by atoms with Gasteiger partial charge in [0.05, 0.1) is 0 Å². The van der Waals surface area contributed by atoms with Crippen molar-refractivity contribution in [3.05, 3.63) is 60.6 Å². The van der Waals surface area contributed by atoms with Crippen LogP contribution in [0.1, 0.15) is 18.7 Å². The van der Waals surface area contributed by atoms with E-state index >= 15 is 0 Å². The van der Waals surface area contributed by atoms with Gasteiger partial charge in [0.25, 0.3) is 0 Å². The van der Waals surface area contributed by atoms with Crippen LogP contribution in [-0.2, 0) is 11.2 Å². The van der Waals surface area contributed by atoms with Crippen LogP contribution < -0.4 is 5.32 Å². The minimum absolute atomic E-state index is 0.0232. The number of amides is 1. The van der Waals surface area contributed by atoms with E-state index in [1.54, 1.807) is 0 Å². The largest absolute Gasteiger partial charge is 0.326 e. The lowest BCUT2D eigenvalue weighted by molar-refractivity contribution is -0.116. The quantitative estimate of drug-likeness (QED) is 0.781. The van der Waals surface area contributed by atoms with E-state index in [9.17, 15) is 4.79 Å². The zero-order chi connectivity index (χ0) is 14.5. The molecule has 0 unspecified atom stereocenters. The fraction of sp³-hybridized carbons (Fsp3) is 0.188. The summed E-state index contributed by atoms with van der Waals surface area (Å²) in [5, 5.41) is 11.1. The third-order valence-electron chi connectivity index (χ3n) is 3.25. The fourth-order valence-electron chi connectivity index (χ4n) is 2.21. The van der Waals surface area contributed by atoms with Crippen LogP contribution in [0.25, 0.3) is 5.65 Å². The first-order chi connectivity index (χ1) is 10.3. The number of pyridine rings is 1. The Morgan fingerprint density at radius 3 is 2.71 bits per heavy atom. The SMILES string of the molecule is O=C(CCCc1nnc2ccccn12)Nc1ccccc1. The number of anilines is 1. The number of nitrogens with one attached hydrogen (secondary N) is 1. The molecule has 1 aromatic carbocycles. The zero-order valence-electron chi connectivity index (χ0n) is 11.6. The highest BCUT2D eigenvalue weighted by Gasteiger charge is 2.06. The van der Waals surface area contributed by atoms with Crippen molar-refractivity contribution in [3.8, 4) is 0 Å². The highest BCUT2D eigenvalue weighted by Crippen LogP contribution is 2.09. The highest BCUT2D eigenvalue weighted by atomic mass is 16.1. The van der Waals surface area contributed by atoms with Crippen molar-refractivity contribution in [3.63, 3.8) is 0 Å².